The molecule has 0 heterocycles. The zero-order valence-corrected chi connectivity index (χ0v) is 11.8. The van der Waals surface area contributed by atoms with Gasteiger partial charge >= 0.3 is 0 Å². The second-order valence-corrected chi connectivity index (χ2v) is 6.09. The molecule has 7 heteroatoms. The minimum absolute atomic E-state index is 0.0229. The van der Waals surface area contributed by atoms with Crippen molar-refractivity contribution in [1.82, 2.24) is 0 Å². The summed E-state index contributed by atoms with van der Waals surface area (Å²) in [5.74, 6) is -0.784. The lowest BCUT2D eigenvalue weighted by Crippen LogP contribution is -2.15. The van der Waals surface area contributed by atoms with Crippen LogP contribution in [0.5, 0.6) is 0 Å². The summed E-state index contributed by atoms with van der Waals surface area (Å²) < 4.78 is 40.0. The number of hydrogen-bond donors (Lipinski definition) is 3. The van der Waals surface area contributed by atoms with E-state index in [1.807, 2.05) is 0 Å². The minimum Gasteiger partial charge on any atom is -0.387 e. The molecule has 0 saturated carbocycles. The van der Waals surface area contributed by atoms with Gasteiger partial charge in [-0.1, -0.05) is 24.3 Å². The average molecular weight is 307 g/mol. The number of rotatable bonds is 5. The summed E-state index contributed by atoms with van der Waals surface area (Å²) in [5.41, 5.74) is 6.39. The summed E-state index contributed by atoms with van der Waals surface area (Å²) in [6.07, 6.45) is 0.292. The number of nitrogens with two attached hydrogens (primary N) is 1. The van der Waals surface area contributed by atoms with Gasteiger partial charge in [0.15, 0.2) is 0 Å². The molecule has 0 saturated heterocycles. The van der Waals surface area contributed by atoms with Gasteiger partial charge in [0.05, 0.1) is 5.84 Å². The third kappa shape index (κ3) is 3.79. The number of sulfonamides is 1. The van der Waals surface area contributed by atoms with E-state index in [1.54, 1.807) is 12.1 Å². The Bertz CT molecular complexity index is 758. The Morgan fingerprint density at radius 1 is 1.14 bits per heavy atom. The highest BCUT2D eigenvalue weighted by Crippen LogP contribution is 2.19. The second-order valence-electron chi connectivity index (χ2n) is 4.43. The van der Waals surface area contributed by atoms with Gasteiger partial charge < -0.3 is 5.73 Å². The summed E-state index contributed by atoms with van der Waals surface area (Å²) in [5, 5.41) is 7.19. The Morgan fingerprint density at radius 2 is 1.76 bits per heavy atom. The van der Waals surface area contributed by atoms with Crippen molar-refractivity contribution < 1.29 is 12.8 Å². The third-order valence-corrected chi connectivity index (χ3v) is 4.14. The van der Waals surface area contributed by atoms with Gasteiger partial charge in [0, 0.05) is 12.1 Å². The van der Waals surface area contributed by atoms with Crippen LogP contribution in [0.3, 0.4) is 0 Å². The minimum atomic E-state index is -3.97. The lowest BCUT2D eigenvalue weighted by Gasteiger charge is -2.09. The molecule has 0 aliphatic heterocycles. The quantitative estimate of drug-likeness (QED) is 0.583. The van der Waals surface area contributed by atoms with Gasteiger partial charge in [0.1, 0.15) is 10.7 Å². The first-order valence-electron chi connectivity index (χ1n) is 6.08. The number of benzene rings is 2. The highest BCUT2D eigenvalue weighted by atomic mass is 32.2. The monoisotopic (exact) mass is 307 g/mol. The van der Waals surface area contributed by atoms with Crippen molar-refractivity contribution in [2.45, 2.75) is 11.3 Å². The fourth-order valence-corrected chi connectivity index (χ4v) is 2.92. The molecule has 2 rings (SSSR count). The van der Waals surface area contributed by atoms with Gasteiger partial charge in [0.2, 0.25) is 0 Å². The molecule has 0 amide bonds. The van der Waals surface area contributed by atoms with Crippen LogP contribution in [0, 0.1) is 11.2 Å². The van der Waals surface area contributed by atoms with E-state index in [4.69, 9.17) is 11.1 Å². The molecule has 0 bridgehead atoms. The Labute approximate surface area is 122 Å². The van der Waals surface area contributed by atoms with E-state index >= 15 is 0 Å². The smallest absolute Gasteiger partial charge is 0.264 e. The largest absolute Gasteiger partial charge is 0.387 e. The van der Waals surface area contributed by atoms with Crippen molar-refractivity contribution in [1.29, 1.82) is 5.41 Å². The first-order valence-corrected chi connectivity index (χ1v) is 7.56. The molecule has 0 atom stereocenters. The van der Waals surface area contributed by atoms with Crippen molar-refractivity contribution in [2.24, 2.45) is 5.73 Å². The topological polar surface area (TPSA) is 96.0 Å². The number of nitrogens with one attached hydrogen (secondary N) is 2. The Morgan fingerprint density at radius 3 is 2.33 bits per heavy atom. The Kier molecular flexibility index (Phi) is 4.23. The predicted octanol–water partition coefficient (Wildman–Crippen LogP) is 2.10. The van der Waals surface area contributed by atoms with Crippen LogP contribution in [-0.4, -0.2) is 14.3 Å². The van der Waals surface area contributed by atoms with E-state index < -0.39 is 20.7 Å². The summed E-state index contributed by atoms with van der Waals surface area (Å²) >= 11 is 0. The number of hydrogen-bond acceptors (Lipinski definition) is 3. The molecule has 2 aromatic carbocycles. The van der Waals surface area contributed by atoms with Crippen LogP contribution in [0.2, 0.25) is 0 Å². The van der Waals surface area contributed by atoms with Crippen molar-refractivity contribution >= 4 is 21.5 Å². The maximum atomic E-state index is 13.5. The Hall–Kier alpha value is -2.41. The summed E-state index contributed by atoms with van der Waals surface area (Å²) in [6, 6.07) is 11.5. The highest BCUT2D eigenvalue weighted by Gasteiger charge is 2.18. The molecule has 2 aromatic rings. The lowest BCUT2D eigenvalue weighted by molar-refractivity contribution is 0.570. The van der Waals surface area contributed by atoms with Crippen molar-refractivity contribution in [3.05, 3.63) is 59.9 Å². The molecule has 0 aliphatic rings. The first kappa shape index (κ1) is 15.0. The zero-order chi connectivity index (χ0) is 15.5. The van der Waals surface area contributed by atoms with Crippen molar-refractivity contribution in [3.63, 3.8) is 0 Å². The van der Waals surface area contributed by atoms with Crippen LogP contribution in [-0.2, 0) is 16.4 Å². The molecular weight excluding hydrogens is 293 g/mol. The van der Waals surface area contributed by atoms with E-state index in [9.17, 15) is 12.8 Å². The summed E-state index contributed by atoms with van der Waals surface area (Å²) in [7, 11) is -3.97. The van der Waals surface area contributed by atoms with E-state index in [2.05, 4.69) is 4.72 Å². The van der Waals surface area contributed by atoms with Crippen LogP contribution in [0.15, 0.2) is 53.4 Å². The molecule has 0 spiro atoms. The third-order valence-electron chi connectivity index (χ3n) is 2.73. The summed E-state index contributed by atoms with van der Waals surface area (Å²) in [6.45, 7) is 0. The van der Waals surface area contributed by atoms with Crippen LogP contribution in [0.4, 0.5) is 10.1 Å². The highest BCUT2D eigenvalue weighted by molar-refractivity contribution is 7.92. The van der Waals surface area contributed by atoms with Gasteiger partial charge in [-0.05, 0) is 29.8 Å². The molecular formula is C14H14FN3O2S. The summed E-state index contributed by atoms with van der Waals surface area (Å²) in [4.78, 5) is -0.405. The molecule has 21 heavy (non-hydrogen) atoms. The van der Waals surface area contributed by atoms with Gasteiger partial charge in [-0.2, -0.15) is 0 Å². The fourth-order valence-electron chi connectivity index (χ4n) is 1.78. The van der Waals surface area contributed by atoms with E-state index in [0.29, 0.717) is 12.1 Å². The molecule has 0 unspecified atom stereocenters. The Balaban J connectivity index is 2.21. The number of halogens is 1. The zero-order valence-electron chi connectivity index (χ0n) is 11.0. The van der Waals surface area contributed by atoms with Crippen LogP contribution >= 0.6 is 0 Å². The van der Waals surface area contributed by atoms with E-state index in [1.165, 1.54) is 30.3 Å². The van der Waals surface area contributed by atoms with Crippen LogP contribution < -0.4 is 10.5 Å². The molecule has 0 aliphatic carbocycles. The second kappa shape index (κ2) is 5.92. The predicted molar refractivity (Wildman–Crippen MR) is 79.3 cm³/mol. The molecule has 110 valence electrons. The van der Waals surface area contributed by atoms with Crippen LogP contribution in [0.1, 0.15) is 5.56 Å². The normalized spacial score (nSPS) is 11.1. The van der Waals surface area contributed by atoms with Gasteiger partial charge in [-0.25, -0.2) is 12.8 Å². The first-order chi connectivity index (χ1) is 9.88. The maximum absolute atomic E-state index is 13.5. The molecule has 0 fully saturated rings. The van der Waals surface area contributed by atoms with Gasteiger partial charge in [-0.3, -0.25) is 10.1 Å². The van der Waals surface area contributed by atoms with Crippen molar-refractivity contribution in [3.8, 4) is 0 Å². The van der Waals surface area contributed by atoms with E-state index in [0.717, 1.165) is 11.6 Å². The SMILES string of the molecule is N=C(N)Cc1ccc(NS(=O)(=O)c2ccccc2F)cc1. The molecule has 5 nitrogen and oxygen atoms in total. The standard InChI is InChI=1S/C14H14FN3O2S/c15-12-3-1-2-4-13(12)21(19,20)18-11-7-5-10(6-8-11)9-14(16)17/h1-8,18H,9H2,(H3,16,17). The number of anilines is 1. The van der Waals surface area contributed by atoms with E-state index in [-0.39, 0.29) is 5.84 Å². The molecule has 4 N–H and O–H groups in total. The fraction of sp³-hybridized carbons (Fsp3) is 0.0714. The van der Waals surface area contributed by atoms with Gasteiger partial charge in [0.25, 0.3) is 10.0 Å². The molecule has 0 radical (unpaired) electrons. The van der Waals surface area contributed by atoms with Gasteiger partial charge in [-0.15, -0.1) is 0 Å². The maximum Gasteiger partial charge on any atom is 0.264 e. The average Bonchev–Trinajstić information content (AvgIpc) is 2.40. The molecule has 0 aromatic heterocycles. The van der Waals surface area contributed by atoms with Crippen LogP contribution in [0.25, 0.3) is 0 Å². The number of amidine groups is 1. The lowest BCUT2D eigenvalue weighted by atomic mass is 10.1. The van der Waals surface area contributed by atoms with Crippen molar-refractivity contribution in [2.75, 3.05) is 4.72 Å².